The Morgan fingerprint density at radius 1 is 1.00 bits per heavy atom. The van der Waals surface area contributed by atoms with Crippen molar-refractivity contribution in [2.45, 2.75) is 103 Å². The number of hydrogen-bond acceptors (Lipinski definition) is 4. The van der Waals surface area contributed by atoms with E-state index in [-0.39, 0.29) is 35.8 Å². The monoisotopic (exact) mass is 426 g/mol. The van der Waals surface area contributed by atoms with Gasteiger partial charge in [-0.15, -0.1) is 0 Å². The third-order valence-electron chi connectivity index (χ3n) is 10.4. The minimum Gasteiger partial charge on any atom is -0.442 e. The number of rotatable bonds is 2. The van der Waals surface area contributed by atoms with Crippen molar-refractivity contribution in [1.29, 1.82) is 0 Å². The van der Waals surface area contributed by atoms with Gasteiger partial charge in [0.15, 0.2) is 5.78 Å². The summed E-state index contributed by atoms with van der Waals surface area (Å²) in [6.07, 6.45) is 12.9. The summed E-state index contributed by atoms with van der Waals surface area (Å²) in [7, 11) is 0. The summed E-state index contributed by atoms with van der Waals surface area (Å²) < 4.78 is 5.73. The molecule has 5 aliphatic rings. The zero-order valence-corrected chi connectivity index (χ0v) is 19.5. The van der Waals surface area contributed by atoms with Gasteiger partial charge in [-0.3, -0.25) is 14.4 Å². The van der Waals surface area contributed by atoms with E-state index in [1.807, 2.05) is 0 Å². The third-order valence-corrected chi connectivity index (χ3v) is 10.4. The number of carbonyl (C=O) groups excluding carboxylic acids is 3. The SMILES string of the molecule is CCC[C@H]1CC[C@H]2[C@@H]3CCC4=CC(=O)C5(C[C@]4(C)[C@H]3CC[C@]12C)OC(=O)CCCC5=O. The van der Waals surface area contributed by atoms with E-state index >= 15 is 0 Å². The second-order valence-corrected chi connectivity index (χ2v) is 11.7. The van der Waals surface area contributed by atoms with Gasteiger partial charge in [0.25, 0.3) is 0 Å². The van der Waals surface area contributed by atoms with E-state index < -0.39 is 5.60 Å². The maximum absolute atomic E-state index is 13.2. The highest BCUT2D eigenvalue weighted by Crippen LogP contribution is 2.67. The first kappa shape index (κ1) is 21.4. The van der Waals surface area contributed by atoms with E-state index in [1.54, 1.807) is 6.08 Å². The first-order valence-corrected chi connectivity index (χ1v) is 12.8. The molecule has 170 valence electrons. The van der Waals surface area contributed by atoms with Crippen LogP contribution >= 0.6 is 0 Å². The van der Waals surface area contributed by atoms with Gasteiger partial charge in [0.2, 0.25) is 11.4 Å². The van der Waals surface area contributed by atoms with Crippen LogP contribution in [0, 0.1) is 34.5 Å². The minimum absolute atomic E-state index is 0.175. The number of fused-ring (bicyclic) bond motifs is 5. The summed E-state index contributed by atoms with van der Waals surface area (Å²) in [6.45, 7) is 7.14. The third kappa shape index (κ3) is 2.95. The zero-order valence-electron chi connectivity index (χ0n) is 19.5. The Labute approximate surface area is 186 Å². The van der Waals surface area contributed by atoms with Crippen LogP contribution in [0.3, 0.4) is 0 Å². The zero-order chi connectivity index (χ0) is 22.0. The average molecular weight is 427 g/mol. The van der Waals surface area contributed by atoms with Crippen molar-refractivity contribution >= 4 is 17.5 Å². The maximum Gasteiger partial charge on any atom is 0.307 e. The molecule has 4 aliphatic carbocycles. The summed E-state index contributed by atoms with van der Waals surface area (Å²) in [5.74, 6) is 1.89. The average Bonchev–Trinajstić information content (AvgIpc) is 2.98. The number of hydrogen-bond donors (Lipinski definition) is 0. The fourth-order valence-corrected chi connectivity index (χ4v) is 8.84. The minimum atomic E-state index is -1.56. The molecule has 0 aromatic heterocycles. The van der Waals surface area contributed by atoms with Crippen molar-refractivity contribution in [1.82, 2.24) is 0 Å². The molecule has 31 heavy (non-hydrogen) atoms. The molecule has 0 aromatic carbocycles. The molecule has 1 spiro atoms. The highest BCUT2D eigenvalue weighted by Gasteiger charge is 2.63. The topological polar surface area (TPSA) is 60.4 Å². The second-order valence-electron chi connectivity index (χ2n) is 11.7. The standard InChI is InChI=1S/C27H38O4/c1-4-6-17-10-12-20-19-11-9-18-15-23(29)27(22(28)7-5-8-24(30)31-27)16-26(18,3)21(19)13-14-25(17,20)2/h15,17,19-21H,4-14,16H2,1-3H3/t17-,19-,20-,21-,25+,26-,27?/m0/s1. The van der Waals surface area contributed by atoms with E-state index in [9.17, 15) is 14.4 Å². The Hall–Kier alpha value is -1.45. The lowest BCUT2D eigenvalue weighted by molar-refractivity contribution is -0.177. The van der Waals surface area contributed by atoms with Crippen LogP contribution in [0.2, 0.25) is 0 Å². The summed E-state index contributed by atoms with van der Waals surface area (Å²) in [5, 5.41) is 0. The van der Waals surface area contributed by atoms with E-state index in [4.69, 9.17) is 4.74 Å². The molecule has 1 heterocycles. The molecule has 4 fully saturated rings. The largest absolute Gasteiger partial charge is 0.442 e. The highest BCUT2D eigenvalue weighted by atomic mass is 16.6. The molecule has 0 N–H and O–H groups in total. The molecular formula is C27H38O4. The van der Waals surface area contributed by atoms with E-state index in [0.29, 0.717) is 30.1 Å². The van der Waals surface area contributed by atoms with Crippen molar-refractivity contribution in [2.24, 2.45) is 34.5 Å². The van der Waals surface area contributed by atoms with Crippen LogP contribution in [0.15, 0.2) is 11.6 Å². The first-order valence-electron chi connectivity index (χ1n) is 12.8. The number of esters is 1. The van der Waals surface area contributed by atoms with Gasteiger partial charge in [0.05, 0.1) is 0 Å². The normalized spacial score (nSPS) is 47.2. The molecule has 4 nitrogen and oxygen atoms in total. The molecule has 1 aliphatic heterocycles. The van der Waals surface area contributed by atoms with Crippen LogP contribution in [-0.2, 0) is 19.1 Å². The van der Waals surface area contributed by atoms with Crippen LogP contribution in [0.5, 0.6) is 0 Å². The Balaban J connectivity index is 1.50. The Morgan fingerprint density at radius 2 is 1.81 bits per heavy atom. The molecule has 7 atom stereocenters. The molecule has 4 heteroatoms. The summed E-state index contributed by atoms with van der Waals surface area (Å²) >= 11 is 0. The molecule has 0 aromatic rings. The van der Waals surface area contributed by atoms with Crippen molar-refractivity contribution < 1.29 is 19.1 Å². The molecule has 3 saturated carbocycles. The maximum atomic E-state index is 13.2. The van der Waals surface area contributed by atoms with E-state index in [1.165, 1.54) is 44.1 Å². The van der Waals surface area contributed by atoms with Crippen molar-refractivity contribution in [3.05, 3.63) is 11.6 Å². The molecule has 0 amide bonds. The summed E-state index contributed by atoms with van der Waals surface area (Å²) in [5.41, 5.74) is -0.123. The van der Waals surface area contributed by atoms with Gasteiger partial charge in [0, 0.05) is 19.3 Å². The summed E-state index contributed by atoms with van der Waals surface area (Å²) in [4.78, 5) is 38.7. The lowest BCUT2D eigenvalue weighted by atomic mass is 9.45. The van der Waals surface area contributed by atoms with Crippen molar-refractivity contribution in [2.75, 3.05) is 0 Å². The number of carbonyl (C=O) groups is 3. The lowest BCUT2D eigenvalue weighted by Crippen LogP contribution is -2.59. The highest BCUT2D eigenvalue weighted by molar-refractivity contribution is 6.17. The van der Waals surface area contributed by atoms with Crippen molar-refractivity contribution in [3.8, 4) is 0 Å². The smallest absolute Gasteiger partial charge is 0.307 e. The Morgan fingerprint density at radius 3 is 2.58 bits per heavy atom. The van der Waals surface area contributed by atoms with Gasteiger partial charge in [0.1, 0.15) is 0 Å². The molecular weight excluding hydrogens is 388 g/mol. The lowest BCUT2D eigenvalue weighted by Gasteiger charge is -2.59. The number of Topliss-reactive ketones (excluding diaryl/α,β-unsaturated/α-hetero) is 1. The second kappa shape index (κ2) is 7.28. The Kier molecular flexibility index (Phi) is 5.03. The first-order chi connectivity index (χ1) is 14.7. The fourth-order valence-electron chi connectivity index (χ4n) is 8.84. The van der Waals surface area contributed by atoms with Gasteiger partial charge >= 0.3 is 5.97 Å². The van der Waals surface area contributed by atoms with Crippen LogP contribution < -0.4 is 0 Å². The predicted molar refractivity (Wildman–Crippen MR) is 118 cm³/mol. The quantitative estimate of drug-likeness (QED) is 0.427. The van der Waals surface area contributed by atoms with Crippen LogP contribution in [0.25, 0.3) is 0 Å². The number of ketones is 2. The Bertz CT molecular complexity index is 842. The number of allylic oxidation sites excluding steroid dienone is 1. The van der Waals surface area contributed by atoms with E-state index in [2.05, 4.69) is 20.8 Å². The van der Waals surface area contributed by atoms with Gasteiger partial charge in [-0.1, -0.05) is 39.2 Å². The molecule has 0 bridgehead atoms. The molecule has 0 radical (unpaired) electrons. The van der Waals surface area contributed by atoms with Crippen LogP contribution in [0.4, 0.5) is 0 Å². The van der Waals surface area contributed by atoms with Gasteiger partial charge in [-0.25, -0.2) is 0 Å². The number of ether oxygens (including phenoxy) is 1. The van der Waals surface area contributed by atoms with Gasteiger partial charge < -0.3 is 4.74 Å². The predicted octanol–water partition coefficient (Wildman–Crippen LogP) is 5.58. The summed E-state index contributed by atoms with van der Waals surface area (Å²) in [6, 6.07) is 0. The van der Waals surface area contributed by atoms with Gasteiger partial charge in [-0.05, 0) is 85.5 Å². The fraction of sp³-hybridized carbons (Fsp3) is 0.815. The van der Waals surface area contributed by atoms with Crippen molar-refractivity contribution in [3.63, 3.8) is 0 Å². The van der Waals surface area contributed by atoms with E-state index in [0.717, 1.165) is 24.7 Å². The molecule has 1 unspecified atom stereocenters. The van der Waals surface area contributed by atoms with Gasteiger partial charge in [-0.2, -0.15) is 0 Å². The molecule has 1 saturated heterocycles. The molecule has 5 rings (SSSR count). The van der Waals surface area contributed by atoms with Crippen LogP contribution in [-0.4, -0.2) is 23.1 Å². The van der Waals surface area contributed by atoms with Crippen LogP contribution in [0.1, 0.15) is 97.8 Å².